The largest absolute Gasteiger partial charge is 0.481 e. The predicted octanol–water partition coefficient (Wildman–Crippen LogP) is 2.21. The van der Waals surface area contributed by atoms with E-state index in [9.17, 15) is 9.59 Å². The molecule has 1 amide bonds. The van der Waals surface area contributed by atoms with Crippen molar-refractivity contribution < 1.29 is 14.7 Å². The van der Waals surface area contributed by atoms with Crippen LogP contribution in [0.25, 0.3) is 0 Å². The highest BCUT2D eigenvalue weighted by Gasteiger charge is 2.06. The van der Waals surface area contributed by atoms with Crippen molar-refractivity contribution in [2.75, 3.05) is 16.8 Å². The maximum absolute atomic E-state index is 11.4. The van der Waals surface area contributed by atoms with E-state index in [-0.39, 0.29) is 17.4 Å². The van der Waals surface area contributed by atoms with Crippen LogP contribution in [0.4, 0.5) is 5.69 Å². The third-order valence-electron chi connectivity index (χ3n) is 1.61. The lowest BCUT2D eigenvalue weighted by atomic mass is 10.3. The molecule has 0 fully saturated rings. The zero-order valence-electron chi connectivity index (χ0n) is 8.27. The van der Waals surface area contributed by atoms with Crippen molar-refractivity contribution in [3.05, 3.63) is 28.7 Å². The van der Waals surface area contributed by atoms with E-state index in [0.29, 0.717) is 5.69 Å². The zero-order chi connectivity index (χ0) is 12.0. The van der Waals surface area contributed by atoms with E-state index in [4.69, 9.17) is 5.11 Å². The first kappa shape index (κ1) is 13.1. The van der Waals surface area contributed by atoms with Gasteiger partial charge in [-0.2, -0.15) is 0 Å². The van der Waals surface area contributed by atoms with Gasteiger partial charge in [-0.25, -0.2) is 0 Å². The lowest BCUT2D eigenvalue weighted by Gasteiger charge is -2.06. The molecule has 0 spiro atoms. The maximum Gasteiger partial charge on any atom is 0.313 e. The predicted molar refractivity (Wildman–Crippen MR) is 67.7 cm³/mol. The van der Waals surface area contributed by atoms with Crippen molar-refractivity contribution >= 4 is 45.3 Å². The number of para-hydroxylation sites is 1. The topological polar surface area (TPSA) is 66.4 Å². The van der Waals surface area contributed by atoms with E-state index < -0.39 is 5.97 Å². The van der Waals surface area contributed by atoms with Crippen LogP contribution < -0.4 is 5.32 Å². The molecule has 1 rings (SSSR count). The second kappa shape index (κ2) is 6.55. The number of anilines is 1. The Morgan fingerprint density at radius 1 is 1.31 bits per heavy atom. The molecule has 16 heavy (non-hydrogen) atoms. The van der Waals surface area contributed by atoms with Crippen molar-refractivity contribution in [3.63, 3.8) is 0 Å². The standard InChI is InChI=1S/C10H10BrNO3S/c11-7-3-1-2-4-8(7)12-9(13)5-16-6-10(14)15/h1-4H,5-6H2,(H,12,13)(H,14,15). The fraction of sp³-hybridized carbons (Fsp3) is 0.200. The van der Waals surface area contributed by atoms with Gasteiger partial charge < -0.3 is 10.4 Å². The molecule has 86 valence electrons. The number of rotatable bonds is 5. The smallest absolute Gasteiger partial charge is 0.313 e. The van der Waals surface area contributed by atoms with Gasteiger partial charge in [-0.1, -0.05) is 12.1 Å². The third kappa shape index (κ3) is 4.67. The SMILES string of the molecule is O=C(O)CSCC(=O)Nc1ccccc1Br. The fourth-order valence-electron chi connectivity index (χ4n) is 0.980. The van der Waals surface area contributed by atoms with Crippen LogP contribution in [0.2, 0.25) is 0 Å². The number of carbonyl (C=O) groups is 2. The Labute approximate surface area is 106 Å². The van der Waals surface area contributed by atoms with Crippen LogP contribution >= 0.6 is 27.7 Å². The minimum Gasteiger partial charge on any atom is -0.481 e. The number of hydrogen-bond acceptors (Lipinski definition) is 3. The van der Waals surface area contributed by atoms with Crippen molar-refractivity contribution in [1.82, 2.24) is 0 Å². The number of thioether (sulfide) groups is 1. The van der Waals surface area contributed by atoms with Crippen LogP contribution in [0.5, 0.6) is 0 Å². The van der Waals surface area contributed by atoms with Gasteiger partial charge >= 0.3 is 5.97 Å². The molecule has 0 atom stereocenters. The summed E-state index contributed by atoms with van der Waals surface area (Å²) in [6, 6.07) is 7.24. The number of carboxylic acids is 1. The summed E-state index contributed by atoms with van der Waals surface area (Å²) in [5, 5.41) is 11.1. The molecule has 0 aromatic heterocycles. The summed E-state index contributed by atoms with van der Waals surface area (Å²) in [7, 11) is 0. The molecule has 4 nitrogen and oxygen atoms in total. The Morgan fingerprint density at radius 3 is 2.62 bits per heavy atom. The van der Waals surface area contributed by atoms with Crippen LogP contribution in [0, 0.1) is 0 Å². The van der Waals surface area contributed by atoms with E-state index in [2.05, 4.69) is 21.2 Å². The molecule has 6 heteroatoms. The van der Waals surface area contributed by atoms with Crippen molar-refractivity contribution in [2.45, 2.75) is 0 Å². The molecule has 2 N–H and O–H groups in total. The second-order valence-electron chi connectivity index (χ2n) is 2.91. The van der Waals surface area contributed by atoms with Gasteiger partial charge in [0.05, 0.1) is 17.2 Å². The molecule has 0 saturated heterocycles. The summed E-state index contributed by atoms with van der Waals surface area (Å²) < 4.78 is 0.798. The molecule has 0 radical (unpaired) electrons. The summed E-state index contributed by atoms with van der Waals surface area (Å²) in [5.41, 5.74) is 0.684. The van der Waals surface area contributed by atoms with Crippen LogP contribution in [-0.4, -0.2) is 28.5 Å². The quantitative estimate of drug-likeness (QED) is 0.875. The van der Waals surface area contributed by atoms with Crippen molar-refractivity contribution in [3.8, 4) is 0 Å². The fourth-order valence-corrected chi connectivity index (χ4v) is 1.90. The highest BCUT2D eigenvalue weighted by Crippen LogP contribution is 2.21. The highest BCUT2D eigenvalue weighted by molar-refractivity contribution is 9.10. The van der Waals surface area contributed by atoms with E-state index >= 15 is 0 Å². The number of halogens is 1. The van der Waals surface area contributed by atoms with Gasteiger partial charge in [0.2, 0.25) is 5.91 Å². The minimum absolute atomic E-state index is 0.0661. The summed E-state index contributed by atoms with van der Waals surface area (Å²) in [5.74, 6) is -1.06. The minimum atomic E-state index is -0.918. The monoisotopic (exact) mass is 303 g/mol. The molecule has 0 aliphatic rings. The molecule has 0 aliphatic heterocycles. The molecule has 0 bridgehead atoms. The summed E-state index contributed by atoms with van der Waals surface area (Å²) >= 11 is 4.37. The van der Waals surface area contributed by atoms with Gasteiger partial charge in [0.15, 0.2) is 0 Å². The molecule has 0 aliphatic carbocycles. The maximum atomic E-state index is 11.4. The molecule has 0 heterocycles. The summed E-state index contributed by atoms with van der Waals surface area (Å²) in [4.78, 5) is 21.6. The normalized spacial score (nSPS) is 9.81. The number of aliphatic carboxylic acids is 1. The van der Waals surface area contributed by atoms with E-state index in [1.807, 2.05) is 18.2 Å². The lowest BCUT2D eigenvalue weighted by Crippen LogP contribution is -2.15. The van der Waals surface area contributed by atoms with Crippen LogP contribution in [0.3, 0.4) is 0 Å². The molecule has 1 aromatic rings. The first-order valence-corrected chi connectivity index (χ1v) is 6.38. The first-order valence-electron chi connectivity index (χ1n) is 4.43. The van der Waals surface area contributed by atoms with Gasteiger partial charge in [0.25, 0.3) is 0 Å². The Kier molecular flexibility index (Phi) is 5.34. The van der Waals surface area contributed by atoms with Gasteiger partial charge in [-0.05, 0) is 28.1 Å². The van der Waals surface area contributed by atoms with Crippen LogP contribution in [0.1, 0.15) is 0 Å². The third-order valence-corrected chi connectivity index (χ3v) is 3.22. The molecule has 0 unspecified atom stereocenters. The van der Waals surface area contributed by atoms with Crippen molar-refractivity contribution in [2.24, 2.45) is 0 Å². The van der Waals surface area contributed by atoms with E-state index in [0.717, 1.165) is 16.2 Å². The Hall–Kier alpha value is -1.01. The summed E-state index contributed by atoms with van der Waals surface area (Å²) in [6.07, 6.45) is 0. The van der Waals surface area contributed by atoms with E-state index in [1.165, 1.54) is 0 Å². The van der Waals surface area contributed by atoms with Crippen molar-refractivity contribution in [1.29, 1.82) is 0 Å². The van der Waals surface area contributed by atoms with Crippen LogP contribution in [0.15, 0.2) is 28.7 Å². The van der Waals surface area contributed by atoms with Gasteiger partial charge in [0, 0.05) is 4.47 Å². The zero-order valence-corrected chi connectivity index (χ0v) is 10.7. The average Bonchev–Trinajstić information content (AvgIpc) is 2.21. The number of nitrogens with one attached hydrogen (secondary N) is 1. The molecular formula is C10H10BrNO3S. The number of hydrogen-bond donors (Lipinski definition) is 2. The molecular weight excluding hydrogens is 294 g/mol. The summed E-state index contributed by atoms with van der Waals surface area (Å²) in [6.45, 7) is 0. The number of amides is 1. The highest BCUT2D eigenvalue weighted by atomic mass is 79.9. The Balaban J connectivity index is 2.40. The van der Waals surface area contributed by atoms with Gasteiger partial charge in [-0.3, -0.25) is 9.59 Å². The first-order chi connectivity index (χ1) is 7.59. The Morgan fingerprint density at radius 2 is 2.00 bits per heavy atom. The molecule has 0 saturated carbocycles. The average molecular weight is 304 g/mol. The second-order valence-corrected chi connectivity index (χ2v) is 4.75. The van der Waals surface area contributed by atoms with Crippen LogP contribution in [-0.2, 0) is 9.59 Å². The number of benzene rings is 1. The Bertz CT molecular complexity index is 397. The number of carboxylic acid groups (broad SMARTS) is 1. The van der Waals surface area contributed by atoms with E-state index in [1.54, 1.807) is 6.07 Å². The van der Waals surface area contributed by atoms with Gasteiger partial charge in [0.1, 0.15) is 0 Å². The number of carbonyl (C=O) groups excluding carboxylic acids is 1. The molecule has 1 aromatic carbocycles. The van der Waals surface area contributed by atoms with Gasteiger partial charge in [-0.15, -0.1) is 11.8 Å². The lowest BCUT2D eigenvalue weighted by molar-refractivity contribution is -0.133.